The van der Waals surface area contributed by atoms with Crippen molar-refractivity contribution < 1.29 is 9.90 Å². The van der Waals surface area contributed by atoms with Gasteiger partial charge in [-0.25, -0.2) is 0 Å². The highest BCUT2D eigenvalue weighted by atomic mass is 16.3. The van der Waals surface area contributed by atoms with Crippen molar-refractivity contribution in [1.82, 2.24) is 10.2 Å². The molecule has 1 amide bonds. The van der Waals surface area contributed by atoms with E-state index in [9.17, 15) is 10.1 Å². The van der Waals surface area contributed by atoms with Crippen molar-refractivity contribution in [2.75, 3.05) is 19.7 Å². The third-order valence-corrected chi connectivity index (χ3v) is 4.00. The highest BCUT2D eigenvalue weighted by Crippen LogP contribution is 2.27. The summed E-state index contributed by atoms with van der Waals surface area (Å²) in [7, 11) is 0. The third-order valence-electron chi connectivity index (χ3n) is 4.00. The van der Waals surface area contributed by atoms with Gasteiger partial charge in [0.05, 0.1) is 18.7 Å². The van der Waals surface area contributed by atoms with E-state index in [1.807, 2.05) is 18.7 Å². The quantitative estimate of drug-likeness (QED) is 0.753. The lowest BCUT2D eigenvalue weighted by Gasteiger charge is -2.34. The average Bonchev–Trinajstić information content (AvgIpc) is 2.45. The fraction of sp³-hybridized carbons (Fsp3) is 0.857. The normalized spacial score (nSPS) is 19.7. The second-order valence-corrected chi connectivity index (χ2v) is 5.27. The summed E-state index contributed by atoms with van der Waals surface area (Å²) in [5.41, 5.74) is -0.678. The largest absolute Gasteiger partial charge is 0.395 e. The fourth-order valence-corrected chi connectivity index (χ4v) is 2.68. The van der Waals surface area contributed by atoms with Crippen LogP contribution in [0.4, 0.5) is 0 Å². The number of carbonyl (C=O) groups excluding carboxylic acids is 1. The molecule has 0 aromatic heterocycles. The van der Waals surface area contributed by atoms with Gasteiger partial charge in [-0.2, -0.15) is 5.26 Å². The summed E-state index contributed by atoms with van der Waals surface area (Å²) in [6.07, 6.45) is 4.62. The lowest BCUT2D eigenvalue weighted by molar-refractivity contribution is -0.127. The van der Waals surface area contributed by atoms with Crippen molar-refractivity contribution in [3.63, 3.8) is 0 Å². The molecule has 2 N–H and O–H groups in total. The van der Waals surface area contributed by atoms with Crippen LogP contribution in [0.15, 0.2) is 0 Å². The first-order valence-corrected chi connectivity index (χ1v) is 7.16. The Bertz CT molecular complexity index is 332. The molecule has 1 fully saturated rings. The van der Waals surface area contributed by atoms with Crippen LogP contribution in [0.3, 0.4) is 0 Å². The average molecular weight is 267 g/mol. The Morgan fingerprint density at radius 3 is 2.58 bits per heavy atom. The van der Waals surface area contributed by atoms with Crippen molar-refractivity contribution in [2.45, 2.75) is 57.5 Å². The lowest BCUT2D eigenvalue weighted by Crippen LogP contribution is -2.55. The zero-order valence-corrected chi connectivity index (χ0v) is 12.0. The molecule has 5 heteroatoms. The molecule has 1 atom stereocenters. The number of rotatable bonds is 6. The van der Waals surface area contributed by atoms with E-state index in [1.165, 1.54) is 0 Å². The van der Waals surface area contributed by atoms with Crippen LogP contribution in [0.2, 0.25) is 0 Å². The van der Waals surface area contributed by atoms with Gasteiger partial charge in [0, 0.05) is 6.54 Å². The van der Waals surface area contributed by atoms with Crippen LogP contribution in [-0.4, -0.2) is 47.2 Å². The number of nitriles is 1. The maximum Gasteiger partial charge on any atom is 0.238 e. The molecule has 0 radical (unpaired) electrons. The molecule has 1 saturated carbocycles. The van der Waals surface area contributed by atoms with Crippen molar-refractivity contribution in [3.8, 4) is 6.07 Å². The number of likely N-dealkylation sites (N-methyl/N-ethyl adjacent to an activating group) is 1. The van der Waals surface area contributed by atoms with Crippen molar-refractivity contribution in [1.29, 1.82) is 5.26 Å². The minimum absolute atomic E-state index is 0.0366. The summed E-state index contributed by atoms with van der Waals surface area (Å²) < 4.78 is 0. The van der Waals surface area contributed by atoms with E-state index >= 15 is 0 Å². The topological polar surface area (TPSA) is 76.4 Å². The first-order valence-electron chi connectivity index (χ1n) is 7.16. The standard InChI is InChI=1S/C14H25N3O2/c1-3-17(9-10-18)12(2)13(19)16-14(11-15)7-5-4-6-8-14/h12,18H,3-10H2,1-2H3,(H,16,19). The highest BCUT2D eigenvalue weighted by molar-refractivity contribution is 5.82. The van der Waals surface area contributed by atoms with E-state index < -0.39 is 5.54 Å². The van der Waals surface area contributed by atoms with Crippen LogP contribution < -0.4 is 5.32 Å². The Balaban J connectivity index is 2.64. The summed E-state index contributed by atoms with van der Waals surface area (Å²) in [6, 6.07) is 1.98. The van der Waals surface area contributed by atoms with E-state index in [0.717, 1.165) is 32.1 Å². The van der Waals surface area contributed by atoms with Gasteiger partial charge in [0.25, 0.3) is 0 Å². The number of carbonyl (C=O) groups is 1. The van der Waals surface area contributed by atoms with Gasteiger partial charge < -0.3 is 10.4 Å². The van der Waals surface area contributed by atoms with Gasteiger partial charge >= 0.3 is 0 Å². The van der Waals surface area contributed by atoms with Crippen LogP contribution in [0.25, 0.3) is 0 Å². The zero-order valence-electron chi connectivity index (χ0n) is 12.0. The molecule has 5 nitrogen and oxygen atoms in total. The number of nitrogens with one attached hydrogen (secondary N) is 1. The predicted molar refractivity (Wildman–Crippen MR) is 73.4 cm³/mol. The second-order valence-electron chi connectivity index (χ2n) is 5.27. The fourth-order valence-electron chi connectivity index (χ4n) is 2.68. The minimum atomic E-state index is -0.678. The van der Waals surface area contributed by atoms with Gasteiger partial charge in [-0.05, 0) is 26.3 Å². The molecule has 0 aromatic rings. The maximum absolute atomic E-state index is 12.3. The molecule has 0 aromatic carbocycles. The van der Waals surface area contributed by atoms with E-state index in [0.29, 0.717) is 13.1 Å². The van der Waals surface area contributed by atoms with Gasteiger partial charge in [-0.1, -0.05) is 26.2 Å². The second kappa shape index (κ2) is 7.46. The van der Waals surface area contributed by atoms with Crippen LogP contribution in [-0.2, 0) is 4.79 Å². The molecule has 19 heavy (non-hydrogen) atoms. The Hall–Kier alpha value is -1.12. The molecule has 0 saturated heterocycles. The monoisotopic (exact) mass is 267 g/mol. The summed E-state index contributed by atoms with van der Waals surface area (Å²) in [5.74, 6) is -0.112. The van der Waals surface area contributed by atoms with E-state index in [-0.39, 0.29) is 18.6 Å². The van der Waals surface area contributed by atoms with Gasteiger partial charge in [-0.3, -0.25) is 9.69 Å². The molecule has 1 rings (SSSR count). The minimum Gasteiger partial charge on any atom is -0.395 e. The summed E-state index contributed by atoms with van der Waals surface area (Å²) in [4.78, 5) is 14.2. The number of aliphatic hydroxyl groups is 1. The number of hydrogen-bond donors (Lipinski definition) is 2. The summed E-state index contributed by atoms with van der Waals surface area (Å²) in [5, 5.41) is 21.3. The molecular weight excluding hydrogens is 242 g/mol. The number of hydrogen-bond acceptors (Lipinski definition) is 4. The summed E-state index contributed by atoms with van der Waals surface area (Å²) >= 11 is 0. The van der Waals surface area contributed by atoms with Crippen LogP contribution in [0, 0.1) is 11.3 Å². The van der Waals surface area contributed by atoms with Crippen LogP contribution in [0.5, 0.6) is 0 Å². The predicted octanol–water partition coefficient (Wildman–Crippen LogP) is 1.03. The summed E-state index contributed by atoms with van der Waals surface area (Å²) in [6.45, 7) is 5.00. The maximum atomic E-state index is 12.3. The number of aliphatic hydroxyl groups excluding tert-OH is 1. The molecular formula is C14H25N3O2. The van der Waals surface area contributed by atoms with Crippen LogP contribution >= 0.6 is 0 Å². The van der Waals surface area contributed by atoms with Crippen molar-refractivity contribution in [2.24, 2.45) is 0 Å². The Kier molecular flexibility index (Phi) is 6.26. The van der Waals surface area contributed by atoms with Gasteiger partial charge in [0.15, 0.2) is 0 Å². The van der Waals surface area contributed by atoms with Gasteiger partial charge in [-0.15, -0.1) is 0 Å². The molecule has 0 spiro atoms. The SMILES string of the molecule is CCN(CCO)C(C)C(=O)NC1(C#N)CCCCC1. The Morgan fingerprint density at radius 2 is 2.11 bits per heavy atom. The molecule has 108 valence electrons. The Labute approximate surface area is 115 Å². The van der Waals surface area contributed by atoms with Crippen LogP contribution in [0.1, 0.15) is 46.0 Å². The molecule has 0 aliphatic heterocycles. The number of nitrogens with zero attached hydrogens (tertiary/aromatic N) is 2. The van der Waals surface area contributed by atoms with Gasteiger partial charge in [0.2, 0.25) is 5.91 Å². The first-order chi connectivity index (χ1) is 9.08. The first kappa shape index (κ1) is 15.9. The number of amides is 1. The molecule has 1 unspecified atom stereocenters. The van der Waals surface area contributed by atoms with Crippen molar-refractivity contribution in [3.05, 3.63) is 0 Å². The molecule has 0 bridgehead atoms. The molecule has 1 aliphatic rings. The van der Waals surface area contributed by atoms with Crippen molar-refractivity contribution >= 4 is 5.91 Å². The zero-order chi connectivity index (χ0) is 14.3. The van der Waals surface area contributed by atoms with E-state index in [1.54, 1.807) is 0 Å². The molecule has 1 aliphatic carbocycles. The van der Waals surface area contributed by atoms with Gasteiger partial charge in [0.1, 0.15) is 5.54 Å². The van der Waals surface area contributed by atoms with E-state index in [2.05, 4.69) is 11.4 Å². The van der Waals surface area contributed by atoms with E-state index in [4.69, 9.17) is 5.11 Å². The lowest BCUT2D eigenvalue weighted by atomic mass is 9.82. The Morgan fingerprint density at radius 1 is 1.47 bits per heavy atom. The highest BCUT2D eigenvalue weighted by Gasteiger charge is 2.35. The smallest absolute Gasteiger partial charge is 0.238 e. The molecule has 0 heterocycles. The third kappa shape index (κ3) is 4.19.